The summed E-state index contributed by atoms with van der Waals surface area (Å²) < 4.78 is 28.8. The molecule has 1 aliphatic heterocycles. The molecule has 0 spiro atoms. The van der Waals surface area contributed by atoms with Gasteiger partial charge >= 0.3 is 0 Å². The van der Waals surface area contributed by atoms with Crippen molar-refractivity contribution in [2.75, 3.05) is 45.2 Å². The van der Waals surface area contributed by atoms with Crippen molar-refractivity contribution in [2.24, 2.45) is 5.92 Å². The van der Waals surface area contributed by atoms with Crippen molar-refractivity contribution in [1.29, 1.82) is 0 Å². The Morgan fingerprint density at radius 1 is 1.03 bits per heavy atom. The molecular weight excluding hydrogens is 480 g/mol. The molecule has 1 saturated heterocycles. The van der Waals surface area contributed by atoms with Gasteiger partial charge < -0.3 is 4.90 Å². The molecule has 1 fully saturated rings. The number of carbonyl (C=O) groups is 1. The number of anilines is 1. The van der Waals surface area contributed by atoms with E-state index in [1.165, 1.54) is 9.87 Å². The van der Waals surface area contributed by atoms with Gasteiger partial charge in [0, 0.05) is 32.1 Å². The quantitative estimate of drug-likeness (QED) is 0.472. The van der Waals surface area contributed by atoms with Crippen LogP contribution in [0, 0.1) is 26.7 Å². The average molecular weight is 515 g/mol. The molecule has 0 N–H and O–H groups in total. The zero-order valence-corrected chi connectivity index (χ0v) is 22.7. The number of hydrogen-bond acceptors (Lipinski definition) is 6. The number of thiazole rings is 1. The Labute approximate surface area is 212 Å². The second-order valence-electron chi connectivity index (χ2n) is 9.71. The molecule has 1 aromatic heterocycles. The molecule has 0 unspecified atom stereocenters. The summed E-state index contributed by atoms with van der Waals surface area (Å²) in [4.78, 5) is 22.7. The van der Waals surface area contributed by atoms with E-state index < -0.39 is 10.0 Å². The maximum Gasteiger partial charge on any atom is 0.243 e. The summed E-state index contributed by atoms with van der Waals surface area (Å²) in [5.74, 6) is -0.191. The van der Waals surface area contributed by atoms with Crippen LogP contribution in [0.1, 0.15) is 29.5 Å². The van der Waals surface area contributed by atoms with E-state index in [4.69, 9.17) is 4.98 Å². The van der Waals surface area contributed by atoms with Crippen molar-refractivity contribution in [3.05, 3.63) is 53.1 Å². The second-order valence-corrected chi connectivity index (χ2v) is 12.6. The van der Waals surface area contributed by atoms with Crippen LogP contribution in [0.5, 0.6) is 0 Å². The van der Waals surface area contributed by atoms with Crippen molar-refractivity contribution < 1.29 is 13.2 Å². The third-order valence-corrected chi connectivity index (χ3v) is 9.68. The predicted molar refractivity (Wildman–Crippen MR) is 143 cm³/mol. The van der Waals surface area contributed by atoms with Gasteiger partial charge in [-0.1, -0.05) is 35.1 Å². The molecule has 2 heterocycles. The fourth-order valence-electron chi connectivity index (χ4n) is 4.50. The van der Waals surface area contributed by atoms with Gasteiger partial charge in [0.15, 0.2) is 5.13 Å². The Morgan fingerprint density at radius 2 is 1.69 bits per heavy atom. The van der Waals surface area contributed by atoms with E-state index in [9.17, 15) is 13.2 Å². The molecule has 0 atom stereocenters. The van der Waals surface area contributed by atoms with E-state index in [0.717, 1.165) is 33.0 Å². The fraction of sp³-hybridized carbons (Fsp3) is 0.462. The Hall–Kier alpha value is -2.33. The largest absolute Gasteiger partial charge is 0.308 e. The fourth-order valence-corrected chi connectivity index (χ4v) is 7.02. The number of nitrogens with zero attached hydrogens (tertiary/aromatic N) is 4. The van der Waals surface area contributed by atoms with Gasteiger partial charge in [-0.2, -0.15) is 4.31 Å². The van der Waals surface area contributed by atoms with Crippen molar-refractivity contribution in [2.45, 2.75) is 38.5 Å². The number of aromatic nitrogens is 1. The number of sulfonamides is 1. The topological polar surface area (TPSA) is 73.8 Å². The van der Waals surface area contributed by atoms with Crippen LogP contribution in [0.3, 0.4) is 0 Å². The Bertz CT molecular complexity index is 1310. The maximum atomic E-state index is 13.7. The van der Waals surface area contributed by atoms with Crippen LogP contribution in [-0.4, -0.2) is 68.8 Å². The van der Waals surface area contributed by atoms with Crippen molar-refractivity contribution in [3.63, 3.8) is 0 Å². The van der Waals surface area contributed by atoms with Crippen molar-refractivity contribution in [1.82, 2.24) is 14.2 Å². The summed E-state index contributed by atoms with van der Waals surface area (Å²) in [7, 11) is 0.422. The minimum Gasteiger partial charge on any atom is -0.308 e. The zero-order valence-electron chi connectivity index (χ0n) is 21.1. The van der Waals surface area contributed by atoms with Crippen LogP contribution >= 0.6 is 11.3 Å². The summed E-state index contributed by atoms with van der Waals surface area (Å²) in [5.41, 5.74) is 4.26. The molecule has 4 rings (SSSR count). The highest BCUT2D eigenvalue weighted by molar-refractivity contribution is 7.89. The van der Waals surface area contributed by atoms with E-state index in [-0.39, 0.29) is 11.8 Å². The lowest BCUT2D eigenvalue weighted by atomic mass is 9.96. The number of rotatable bonds is 7. The van der Waals surface area contributed by atoms with Crippen molar-refractivity contribution in [3.8, 4) is 0 Å². The van der Waals surface area contributed by atoms with E-state index >= 15 is 0 Å². The minimum absolute atomic E-state index is 0.0349. The molecule has 2 aromatic carbocycles. The summed E-state index contributed by atoms with van der Waals surface area (Å²) in [5, 5.41) is 0.718. The number of amides is 1. The van der Waals surface area contributed by atoms with E-state index in [1.807, 2.05) is 38.1 Å². The first kappa shape index (κ1) is 25.8. The molecule has 0 aliphatic carbocycles. The van der Waals surface area contributed by atoms with Crippen LogP contribution in [-0.2, 0) is 14.8 Å². The first-order valence-electron chi connectivity index (χ1n) is 12.0. The predicted octanol–water partition coefficient (Wildman–Crippen LogP) is 4.22. The highest BCUT2D eigenvalue weighted by Crippen LogP contribution is 2.34. The zero-order chi connectivity index (χ0) is 25.3. The number of carbonyl (C=O) groups excluding carboxylic acids is 1. The van der Waals surface area contributed by atoms with Gasteiger partial charge in [-0.3, -0.25) is 9.69 Å². The van der Waals surface area contributed by atoms with Crippen LogP contribution < -0.4 is 4.90 Å². The Kier molecular flexibility index (Phi) is 7.61. The molecule has 0 saturated carbocycles. The Morgan fingerprint density at radius 3 is 2.31 bits per heavy atom. The molecule has 3 aromatic rings. The normalized spacial score (nSPS) is 15.7. The number of aryl methyl sites for hydroxylation is 3. The highest BCUT2D eigenvalue weighted by Gasteiger charge is 2.35. The van der Waals surface area contributed by atoms with Crippen molar-refractivity contribution >= 4 is 42.6 Å². The summed E-state index contributed by atoms with van der Waals surface area (Å²) in [6.07, 6.45) is 1.01. The third-order valence-electron chi connectivity index (χ3n) is 6.54. The lowest BCUT2D eigenvalue weighted by molar-refractivity contribution is -0.123. The standard InChI is InChI=1S/C26H34N4O3S2/c1-18-6-8-22(9-7-18)35(32,33)29-12-10-21(11-13-29)25(31)30(15-14-28(4)5)26-27-23-17-19(2)16-20(3)24(23)34-26/h6-9,16-17,21H,10-15H2,1-5H3. The Balaban J connectivity index is 1.52. The molecule has 0 radical (unpaired) electrons. The van der Waals surface area contributed by atoms with E-state index in [0.29, 0.717) is 37.4 Å². The van der Waals surface area contributed by atoms with Crippen LogP contribution in [0.15, 0.2) is 41.3 Å². The summed E-state index contributed by atoms with van der Waals surface area (Å²) in [6.45, 7) is 8.01. The molecule has 7 nitrogen and oxygen atoms in total. The van der Waals surface area contributed by atoms with Crippen LogP contribution in [0.25, 0.3) is 10.2 Å². The number of likely N-dealkylation sites (N-methyl/N-ethyl adjacent to an activating group) is 1. The average Bonchev–Trinajstić information content (AvgIpc) is 3.23. The number of benzene rings is 2. The van der Waals surface area contributed by atoms with Gasteiger partial charge in [0.2, 0.25) is 15.9 Å². The highest BCUT2D eigenvalue weighted by atomic mass is 32.2. The number of hydrogen-bond donors (Lipinski definition) is 0. The minimum atomic E-state index is -3.56. The third kappa shape index (κ3) is 5.58. The van der Waals surface area contributed by atoms with Gasteiger partial charge in [0.05, 0.1) is 15.1 Å². The lowest BCUT2D eigenvalue weighted by Gasteiger charge is -2.33. The van der Waals surface area contributed by atoms with Gasteiger partial charge in [-0.15, -0.1) is 0 Å². The molecule has 188 valence electrons. The lowest BCUT2D eigenvalue weighted by Crippen LogP contribution is -2.46. The summed E-state index contributed by atoms with van der Waals surface area (Å²) in [6, 6.07) is 11.1. The van der Waals surface area contributed by atoms with E-state index in [1.54, 1.807) is 23.5 Å². The molecule has 9 heteroatoms. The van der Waals surface area contributed by atoms with Gasteiger partial charge in [0.25, 0.3) is 0 Å². The van der Waals surface area contributed by atoms with Gasteiger partial charge in [-0.25, -0.2) is 13.4 Å². The molecule has 1 aliphatic rings. The summed E-state index contributed by atoms with van der Waals surface area (Å²) >= 11 is 1.56. The maximum absolute atomic E-state index is 13.7. The van der Waals surface area contributed by atoms with Crippen LogP contribution in [0.2, 0.25) is 0 Å². The van der Waals surface area contributed by atoms with Gasteiger partial charge in [-0.05, 0) is 77.0 Å². The monoisotopic (exact) mass is 514 g/mol. The van der Waals surface area contributed by atoms with Gasteiger partial charge in [0.1, 0.15) is 0 Å². The number of piperidine rings is 1. The first-order chi connectivity index (χ1) is 16.6. The first-order valence-corrected chi connectivity index (χ1v) is 14.2. The molecule has 35 heavy (non-hydrogen) atoms. The molecular formula is C26H34N4O3S2. The van der Waals surface area contributed by atoms with E-state index in [2.05, 4.69) is 30.9 Å². The number of fused-ring (bicyclic) bond motifs is 1. The second kappa shape index (κ2) is 10.3. The molecule has 0 bridgehead atoms. The molecule has 1 amide bonds. The van der Waals surface area contributed by atoms with Crippen LogP contribution in [0.4, 0.5) is 5.13 Å². The smallest absolute Gasteiger partial charge is 0.243 e. The SMILES string of the molecule is Cc1ccc(S(=O)(=O)N2CCC(C(=O)N(CCN(C)C)c3nc4cc(C)cc(C)c4s3)CC2)cc1.